The van der Waals surface area contributed by atoms with E-state index in [4.69, 9.17) is 5.73 Å². The molecule has 0 saturated carbocycles. The summed E-state index contributed by atoms with van der Waals surface area (Å²) in [5, 5.41) is 0.236. The molecule has 0 aromatic carbocycles. The Bertz CT molecular complexity index is 1760. The monoisotopic (exact) mass is 592 g/mol. The second-order valence-electron chi connectivity index (χ2n) is 10.2. The number of carbonyl (C=O) groups is 1. The van der Waals surface area contributed by atoms with Gasteiger partial charge < -0.3 is 15.5 Å². The summed E-state index contributed by atoms with van der Waals surface area (Å²) in [7, 11) is 0. The van der Waals surface area contributed by atoms with Crippen LogP contribution in [0.15, 0.2) is 52.9 Å². The molecule has 1 atom stereocenters. The molecule has 1 saturated heterocycles. The highest BCUT2D eigenvalue weighted by Gasteiger charge is 2.31. The van der Waals surface area contributed by atoms with Crippen molar-refractivity contribution < 1.29 is 13.6 Å². The number of pyridine rings is 3. The van der Waals surface area contributed by atoms with Crippen LogP contribution in [-0.2, 0) is 4.79 Å². The molecule has 1 aliphatic heterocycles. The van der Waals surface area contributed by atoms with Gasteiger partial charge in [-0.25, -0.2) is 28.1 Å². The van der Waals surface area contributed by atoms with Crippen LogP contribution in [0, 0.1) is 11.6 Å². The molecule has 218 valence electrons. The highest BCUT2D eigenvalue weighted by atomic mass is 32.2. The number of anilines is 2. The van der Waals surface area contributed by atoms with Crippen molar-refractivity contribution in [2.45, 2.75) is 37.6 Å². The summed E-state index contributed by atoms with van der Waals surface area (Å²) in [6.45, 7) is 10.4. The number of nitrogens with zero attached hydrogens (tertiary/aromatic N) is 7. The molecule has 1 amide bonds. The minimum absolute atomic E-state index is 0.0612. The van der Waals surface area contributed by atoms with Crippen LogP contribution >= 0.6 is 11.8 Å². The van der Waals surface area contributed by atoms with Gasteiger partial charge in [0.25, 0.3) is 0 Å². The summed E-state index contributed by atoms with van der Waals surface area (Å²) in [6, 6.07) is 3.77. The number of hydrogen-bond acceptors (Lipinski definition) is 9. The molecule has 0 bridgehead atoms. The number of carbonyl (C=O) groups excluding carboxylic acids is 1. The fourth-order valence-corrected chi connectivity index (χ4v) is 5.84. The van der Waals surface area contributed by atoms with Gasteiger partial charge in [-0.05, 0) is 43.4 Å². The van der Waals surface area contributed by atoms with Crippen LogP contribution in [0.4, 0.5) is 20.4 Å². The van der Waals surface area contributed by atoms with Crippen molar-refractivity contribution in [2.75, 3.05) is 36.5 Å². The van der Waals surface area contributed by atoms with Crippen LogP contribution in [0.5, 0.6) is 0 Å². The van der Waals surface area contributed by atoms with E-state index in [0.29, 0.717) is 31.0 Å². The number of fused-ring (bicyclic) bond motifs is 1. The molecule has 5 rings (SSSR count). The Morgan fingerprint density at radius 3 is 2.55 bits per heavy atom. The van der Waals surface area contributed by atoms with E-state index in [1.807, 2.05) is 31.9 Å². The Hall–Kier alpha value is -4.39. The zero-order valence-corrected chi connectivity index (χ0v) is 24.5. The van der Waals surface area contributed by atoms with Gasteiger partial charge in [0.2, 0.25) is 5.91 Å². The van der Waals surface area contributed by atoms with Gasteiger partial charge in [-0.15, -0.1) is 11.8 Å². The molecular weight excluding hydrogens is 562 g/mol. The number of thioether (sulfide) groups is 1. The predicted molar refractivity (Wildman–Crippen MR) is 160 cm³/mol. The zero-order valence-electron chi connectivity index (χ0n) is 23.6. The lowest BCUT2D eigenvalue weighted by Crippen LogP contribution is -2.54. The van der Waals surface area contributed by atoms with E-state index in [0.717, 1.165) is 11.0 Å². The molecule has 0 spiro atoms. The lowest BCUT2D eigenvalue weighted by atomic mass is 10.1. The number of aromatic nitrogens is 5. The van der Waals surface area contributed by atoms with Crippen molar-refractivity contribution in [1.29, 1.82) is 0 Å². The van der Waals surface area contributed by atoms with E-state index in [2.05, 4.69) is 26.5 Å². The largest absolute Gasteiger partial charge is 0.383 e. The minimum atomic E-state index is -0.858. The fourth-order valence-electron chi connectivity index (χ4n) is 5.25. The average molecular weight is 593 g/mol. The second-order valence-corrected chi connectivity index (χ2v) is 11.1. The summed E-state index contributed by atoms with van der Waals surface area (Å²) in [4.78, 5) is 48.0. The summed E-state index contributed by atoms with van der Waals surface area (Å²) < 4.78 is 32.2. The van der Waals surface area contributed by atoms with Gasteiger partial charge in [-0.1, -0.05) is 20.4 Å². The number of nitrogen functional groups attached to an aromatic ring is 1. The lowest BCUT2D eigenvalue weighted by Gasteiger charge is -2.40. The molecule has 42 heavy (non-hydrogen) atoms. The Kier molecular flexibility index (Phi) is 7.95. The van der Waals surface area contributed by atoms with Crippen LogP contribution < -0.4 is 16.3 Å². The maximum absolute atomic E-state index is 15.9. The Balaban J connectivity index is 1.85. The molecule has 2 N–H and O–H groups in total. The summed E-state index contributed by atoms with van der Waals surface area (Å²) >= 11 is 1.41. The summed E-state index contributed by atoms with van der Waals surface area (Å²) in [6.07, 6.45) is 5.97. The van der Waals surface area contributed by atoms with Crippen LogP contribution in [0.25, 0.3) is 28.0 Å². The molecule has 0 unspecified atom stereocenters. The van der Waals surface area contributed by atoms with E-state index < -0.39 is 17.3 Å². The molecule has 1 aliphatic rings. The minimum Gasteiger partial charge on any atom is -0.383 e. The van der Waals surface area contributed by atoms with Gasteiger partial charge in [-0.2, -0.15) is 4.98 Å². The Labute approximate surface area is 245 Å². The molecule has 4 aromatic heterocycles. The predicted octanol–water partition coefficient (Wildman–Crippen LogP) is 4.17. The van der Waals surface area contributed by atoms with E-state index in [9.17, 15) is 14.0 Å². The number of amides is 1. The van der Waals surface area contributed by atoms with Crippen LogP contribution in [0.1, 0.15) is 32.4 Å². The first-order chi connectivity index (χ1) is 20.1. The van der Waals surface area contributed by atoms with Gasteiger partial charge >= 0.3 is 5.69 Å². The molecule has 13 heteroatoms. The Morgan fingerprint density at radius 2 is 1.90 bits per heavy atom. The highest BCUT2D eigenvalue weighted by molar-refractivity contribution is 7.98. The van der Waals surface area contributed by atoms with Gasteiger partial charge in [-0.3, -0.25) is 9.78 Å². The first-order valence-electron chi connectivity index (χ1n) is 13.3. The van der Waals surface area contributed by atoms with Gasteiger partial charge in [0.1, 0.15) is 23.1 Å². The molecular formula is C29H30F2N8O2S. The molecule has 0 radical (unpaired) electrons. The average Bonchev–Trinajstić information content (AvgIpc) is 2.96. The third-order valence-electron chi connectivity index (χ3n) is 7.26. The number of halogens is 2. The number of nitrogens with two attached hydrogens (primary N) is 1. The maximum Gasteiger partial charge on any atom is 0.355 e. The van der Waals surface area contributed by atoms with E-state index >= 15 is 4.39 Å². The molecule has 10 nitrogen and oxygen atoms in total. The van der Waals surface area contributed by atoms with Crippen molar-refractivity contribution in [3.05, 3.63) is 71.1 Å². The molecule has 5 heterocycles. The number of rotatable bonds is 6. The molecule has 0 aliphatic carbocycles. The van der Waals surface area contributed by atoms with E-state index in [-0.39, 0.29) is 51.8 Å². The molecule has 1 fully saturated rings. The maximum atomic E-state index is 15.9. The van der Waals surface area contributed by atoms with Crippen molar-refractivity contribution >= 4 is 40.3 Å². The van der Waals surface area contributed by atoms with Crippen molar-refractivity contribution in [1.82, 2.24) is 29.4 Å². The van der Waals surface area contributed by atoms with Crippen LogP contribution in [0.3, 0.4) is 0 Å². The normalized spacial score (nSPS) is 15.5. The zero-order chi connectivity index (χ0) is 30.3. The number of piperazine rings is 1. The third-order valence-corrected chi connectivity index (χ3v) is 8.03. The third kappa shape index (κ3) is 4.97. The van der Waals surface area contributed by atoms with Crippen molar-refractivity contribution in [3.63, 3.8) is 0 Å². The Morgan fingerprint density at radius 1 is 1.17 bits per heavy atom. The molecule has 4 aromatic rings. The standard InChI is InChI=1S/C29H30F2N8O2S/c1-6-21(40)37-11-12-38(16(4)14-37)27-17-13-19(31)24(22-18(30)7-9-34-26(22)32)35-28(17)39(29(41)36-27)25-20(42-5)8-10-33-23(25)15(2)3/h6-10,13,15-16H,1,11-12,14H2,2-5H3,(H2,32,34)/t16-/m0/s1. The summed E-state index contributed by atoms with van der Waals surface area (Å²) in [5.74, 6) is -1.98. The van der Waals surface area contributed by atoms with Crippen molar-refractivity contribution in [2.24, 2.45) is 0 Å². The quantitative estimate of drug-likeness (QED) is 0.260. The highest BCUT2D eigenvalue weighted by Crippen LogP contribution is 2.36. The lowest BCUT2D eigenvalue weighted by molar-refractivity contribution is -0.126. The SMILES string of the molecule is C=CC(=O)N1CCN(c2nc(=O)n(-c3c(SC)ccnc3C(C)C)c3nc(-c4c(F)ccnc4N)c(F)cc23)[C@@H](C)C1. The second kappa shape index (κ2) is 11.5. The van der Waals surface area contributed by atoms with Crippen LogP contribution in [0.2, 0.25) is 0 Å². The first-order valence-corrected chi connectivity index (χ1v) is 14.5. The first kappa shape index (κ1) is 29.1. The van der Waals surface area contributed by atoms with E-state index in [1.54, 1.807) is 17.2 Å². The van der Waals surface area contributed by atoms with E-state index in [1.165, 1.54) is 34.7 Å². The summed E-state index contributed by atoms with van der Waals surface area (Å²) in [5.41, 5.74) is 5.76. The van der Waals surface area contributed by atoms with Gasteiger partial charge in [0.15, 0.2) is 11.5 Å². The van der Waals surface area contributed by atoms with Crippen molar-refractivity contribution in [3.8, 4) is 16.9 Å². The van der Waals surface area contributed by atoms with Gasteiger partial charge in [0.05, 0.1) is 22.3 Å². The fraction of sp³-hybridized carbons (Fsp3) is 0.310. The topological polar surface area (TPSA) is 123 Å². The van der Waals surface area contributed by atoms with Crippen LogP contribution in [-0.4, -0.2) is 67.2 Å². The van der Waals surface area contributed by atoms with Gasteiger partial charge in [0, 0.05) is 43.0 Å². The number of hydrogen-bond donors (Lipinski definition) is 1. The smallest absolute Gasteiger partial charge is 0.355 e.